The number of hydrogen-bond acceptors (Lipinski definition) is 3. The Morgan fingerprint density at radius 1 is 1.20 bits per heavy atom. The van der Waals surface area contributed by atoms with Crippen molar-refractivity contribution in [1.82, 2.24) is 10.6 Å². The molecule has 0 aromatic heterocycles. The summed E-state index contributed by atoms with van der Waals surface area (Å²) in [5.74, 6) is -1.04. The molecule has 0 aromatic rings. The van der Waals surface area contributed by atoms with Crippen LogP contribution in [0.2, 0.25) is 0 Å². The molecule has 2 amide bonds. The minimum absolute atomic E-state index is 0.126. The van der Waals surface area contributed by atoms with Crippen molar-refractivity contribution < 1.29 is 19.4 Å². The van der Waals surface area contributed by atoms with Gasteiger partial charge in [0.05, 0.1) is 19.3 Å². The summed E-state index contributed by atoms with van der Waals surface area (Å²) in [6, 6.07) is -0.600. The van der Waals surface area contributed by atoms with Crippen LogP contribution in [0.15, 0.2) is 0 Å². The summed E-state index contributed by atoms with van der Waals surface area (Å²) < 4.78 is 5.13. The summed E-state index contributed by atoms with van der Waals surface area (Å²) in [4.78, 5) is 23.0. The number of rotatable bonds is 4. The highest BCUT2D eigenvalue weighted by molar-refractivity contribution is 5.77. The Hall–Kier alpha value is -1.30. The third-order valence-corrected chi connectivity index (χ3v) is 4.43. The number of carboxylic acids is 1. The first-order valence-corrected chi connectivity index (χ1v) is 7.45. The Balaban J connectivity index is 1.78. The summed E-state index contributed by atoms with van der Waals surface area (Å²) in [5.41, 5.74) is 0. The SMILES string of the molecule is CC(NC(=O)NC1COCC1C(=O)O)C1CCCCC1. The van der Waals surface area contributed by atoms with E-state index in [9.17, 15) is 9.59 Å². The van der Waals surface area contributed by atoms with E-state index in [-0.39, 0.29) is 25.3 Å². The van der Waals surface area contributed by atoms with Crippen molar-refractivity contribution in [2.24, 2.45) is 11.8 Å². The molecule has 0 radical (unpaired) electrons. The van der Waals surface area contributed by atoms with Gasteiger partial charge in [-0.3, -0.25) is 4.79 Å². The number of urea groups is 1. The first-order valence-electron chi connectivity index (χ1n) is 7.45. The molecule has 2 fully saturated rings. The van der Waals surface area contributed by atoms with E-state index in [1.165, 1.54) is 19.3 Å². The zero-order chi connectivity index (χ0) is 14.5. The van der Waals surface area contributed by atoms with Crippen molar-refractivity contribution in [3.8, 4) is 0 Å². The quantitative estimate of drug-likeness (QED) is 0.727. The average Bonchev–Trinajstić information content (AvgIpc) is 2.87. The van der Waals surface area contributed by atoms with Gasteiger partial charge in [0.15, 0.2) is 0 Å². The number of ether oxygens (including phenoxy) is 1. The number of carbonyl (C=O) groups is 2. The predicted octanol–water partition coefficient (Wildman–Crippen LogP) is 1.35. The van der Waals surface area contributed by atoms with Gasteiger partial charge in [0.1, 0.15) is 5.92 Å². The lowest BCUT2D eigenvalue weighted by Crippen LogP contribution is -2.50. The van der Waals surface area contributed by atoms with Gasteiger partial charge < -0.3 is 20.5 Å². The fourth-order valence-electron chi connectivity index (χ4n) is 3.11. The van der Waals surface area contributed by atoms with Crippen LogP contribution in [-0.4, -0.2) is 42.4 Å². The second kappa shape index (κ2) is 6.92. The van der Waals surface area contributed by atoms with Crippen molar-refractivity contribution >= 4 is 12.0 Å². The Labute approximate surface area is 119 Å². The Morgan fingerprint density at radius 2 is 1.90 bits per heavy atom. The highest BCUT2D eigenvalue weighted by Crippen LogP contribution is 2.26. The van der Waals surface area contributed by atoms with Crippen LogP contribution in [0.4, 0.5) is 4.79 Å². The van der Waals surface area contributed by atoms with Crippen LogP contribution in [-0.2, 0) is 9.53 Å². The van der Waals surface area contributed by atoms with Crippen LogP contribution in [0.1, 0.15) is 39.0 Å². The molecule has 6 heteroatoms. The molecular formula is C14H24N2O4. The smallest absolute Gasteiger partial charge is 0.315 e. The standard InChI is InChI=1S/C14H24N2O4/c1-9(10-5-3-2-4-6-10)15-14(19)16-12-8-20-7-11(12)13(17)18/h9-12H,2-8H2,1H3,(H,17,18)(H2,15,16,19). The van der Waals surface area contributed by atoms with Gasteiger partial charge in [-0.05, 0) is 25.7 Å². The topological polar surface area (TPSA) is 87.7 Å². The lowest BCUT2D eigenvalue weighted by Gasteiger charge is -2.29. The molecule has 3 N–H and O–H groups in total. The summed E-state index contributed by atoms with van der Waals surface area (Å²) in [5, 5.41) is 14.7. The van der Waals surface area contributed by atoms with Crippen LogP contribution < -0.4 is 10.6 Å². The highest BCUT2D eigenvalue weighted by atomic mass is 16.5. The number of carbonyl (C=O) groups excluding carboxylic acids is 1. The molecule has 3 atom stereocenters. The molecule has 1 aliphatic carbocycles. The van der Waals surface area contributed by atoms with Gasteiger partial charge in [0.2, 0.25) is 0 Å². The molecule has 3 unspecified atom stereocenters. The van der Waals surface area contributed by atoms with E-state index >= 15 is 0 Å². The van der Waals surface area contributed by atoms with Crippen molar-refractivity contribution in [2.45, 2.75) is 51.1 Å². The number of amides is 2. The predicted molar refractivity (Wildman–Crippen MR) is 73.4 cm³/mol. The molecule has 1 heterocycles. The number of hydrogen-bond donors (Lipinski definition) is 3. The van der Waals surface area contributed by atoms with Crippen molar-refractivity contribution in [3.05, 3.63) is 0 Å². The lowest BCUT2D eigenvalue weighted by molar-refractivity contribution is -0.142. The molecule has 1 aliphatic heterocycles. The van der Waals surface area contributed by atoms with Crippen molar-refractivity contribution in [3.63, 3.8) is 0 Å². The monoisotopic (exact) mass is 284 g/mol. The molecule has 2 rings (SSSR count). The minimum atomic E-state index is -0.923. The Morgan fingerprint density at radius 3 is 2.55 bits per heavy atom. The summed E-state index contributed by atoms with van der Waals surface area (Å²) >= 11 is 0. The number of carboxylic acid groups (broad SMARTS) is 1. The first-order chi connectivity index (χ1) is 9.58. The molecule has 0 bridgehead atoms. The van der Waals surface area contributed by atoms with E-state index in [2.05, 4.69) is 10.6 Å². The largest absolute Gasteiger partial charge is 0.481 e. The molecule has 2 aliphatic rings. The Bertz CT molecular complexity index is 355. The molecular weight excluding hydrogens is 260 g/mol. The molecule has 20 heavy (non-hydrogen) atoms. The highest BCUT2D eigenvalue weighted by Gasteiger charge is 2.35. The molecule has 0 aromatic carbocycles. The third kappa shape index (κ3) is 3.85. The van der Waals surface area contributed by atoms with Crippen LogP contribution in [0.25, 0.3) is 0 Å². The van der Waals surface area contributed by atoms with E-state index in [0.29, 0.717) is 5.92 Å². The van der Waals surface area contributed by atoms with Crippen LogP contribution in [0.3, 0.4) is 0 Å². The maximum atomic E-state index is 11.9. The van der Waals surface area contributed by atoms with E-state index in [4.69, 9.17) is 9.84 Å². The maximum absolute atomic E-state index is 11.9. The Kier molecular flexibility index (Phi) is 5.23. The van der Waals surface area contributed by atoms with Crippen LogP contribution in [0.5, 0.6) is 0 Å². The van der Waals surface area contributed by atoms with Gasteiger partial charge in [-0.15, -0.1) is 0 Å². The second-order valence-electron chi connectivity index (χ2n) is 5.89. The van der Waals surface area contributed by atoms with Gasteiger partial charge in [0, 0.05) is 6.04 Å². The van der Waals surface area contributed by atoms with Gasteiger partial charge in [-0.25, -0.2) is 4.79 Å². The van der Waals surface area contributed by atoms with E-state index in [1.54, 1.807) is 0 Å². The van der Waals surface area contributed by atoms with Gasteiger partial charge in [0.25, 0.3) is 0 Å². The zero-order valence-electron chi connectivity index (χ0n) is 11.9. The van der Waals surface area contributed by atoms with Gasteiger partial charge in [-0.1, -0.05) is 19.3 Å². The number of nitrogens with one attached hydrogen (secondary N) is 2. The second-order valence-corrected chi connectivity index (χ2v) is 5.89. The summed E-state index contributed by atoms with van der Waals surface area (Å²) in [6.07, 6.45) is 6.07. The summed E-state index contributed by atoms with van der Waals surface area (Å²) in [6.45, 7) is 2.45. The fourth-order valence-corrected chi connectivity index (χ4v) is 3.11. The van der Waals surface area contributed by atoms with Crippen LogP contribution >= 0.6 is 0 Å². The van der Waals surface area contributed by atoms with Crippen molar-refractivity contribution in [1.29, 1.82) is 0 Å². The molecule has 0 spiro atoms. The number of aliphatic carboxylic acids is 1. The van der Waals surface area contributed by atoms with E-state index in [1.807, 2.05) is 6.92 Å². The molecule has 1 saturated carbocycles. The third-order valence-electron chi connectivity index (χ3n) is 4.43. The van der Waals surface area contributed by atoms with Gasteiger partial charge in [-0.2, -0.15) is 0 Å². The summed E-state index contributed by atoms with van der Waals surface area (Å²) in [7, 11) is 0. The normalized spacial score (nSPS) is 28.9. The molecule has 6 nitrogen and oxygen atoms in total. The zero-order valence-corrected chi connectivity index (χ0v) is 11.9. The average molecular weight is 284 g/mol. The fraction of sp³-hybridized carbons (Fsp3) is 0.857. The van der Waals surface area contributed by atoms with Crippen LogP contribution in [0, 0.1) is 11.8 Å². The maximum Gasteiger partial charge on any atom is 0.315 e. The van der Waals surface area contributed by atoms with E-state index < -0.39 is 17.9 Å². The lowest BCUT2D eigenvalue weighted by atomic mass is 9.84. The molecule has 1 saturated heterocycles. The van der Waals surface area contributed by atoms with Crippen molar-refractivity contribution in [2.75, 3.05) is 13.2 Å². The first kappa shape index (κ1) is 15.1. The molecule has 114 valence electrons. The minimum Gasteiger partial charge on any atom is -0.481 e. The van der Waals surface area contributed by atoms with Gasteiger partial charge >= 0.3 is 12.0 Å². The van der Waals surface area contributed by atoms with E-state index in [0.717, 1.165) is 12.8 Å².